The van der Waals surface area contributed by atoms with Crippen molar-refractivity contribution in [1.29, 1.82) is 0 Å². The van der Waals surface area contributed by atoms with Gasteiger partial charge in [-0.1, -0.05) is 24.3 Å². The van der Waals surface area contributed by atoms with Crippen molar-refractivity contribution in [2.45, 2.75) is 12.5 Å². The average molecular weight is 348 g/mol. The molecule has 6 heteroatoms. The van der Waals surface area contributed by atoms with Gasteiger partial charge in [0.2, 0.25) is 0 Å². The van der Waals surface area contributed by atoms with Crippen LogP contribution in [0.25, 0.3) is 5.69 Å². The zero-order valence-electron chi connectivity index (χ0n) is 14.5. The number of methoxy groups -OCH3 is 1. The summed E-state index contributed by atoms with van der Waals surface area (Å²) < 4.78 is 6.97. The molecule has 0 aliphatic heterocycles. The number of rotatable bonds is 7. The average Bonchev–Trinajstić information content (AvgIpc) is 3.13. The second kappa shape index (κ2) is 8.11. The third-order valence-electron chi connectivity index (χ3n) is 3.95. The van der Waals surface area contributed by atoms with Crippen LogP contribution in [0.2, 0.25) is 0 Å². The molecule has 6 nitrogen and oxygen atoms in total. The smallest absolute Gasteiger partial charge is 0.276 e. The lowest BCUT2D eigenvalue weighted by molar-refractivity contribution is 0.0928. The Morgan fingerprint density at radius 2 is 2.00 bits per heavy atom. The summed E-state index contributed by atoms with van der Waals surface area (Å²) in [7, 11) is 1.52. The van der Waals surface area contributed by atoms with Crippen LogP contribution < -0.4 is 10.1 Å². The number of amides is 1. The molecule has 2 aromatic heterocycles. The molecule has 0 bridgehead atoms. The summed E-state index contributed by atoms with van der Waals surface area (Å²) in [6.07, 6.45) is 7.45. The third kappa shape index (κ3) is 3.80. The fourth-order valence-electron chi connectivity index (χ4n) is 2.65. The van der Waals surface area contributed by atoms with Crippen molar-refractivity contribution in [3.8, 4) is 11.4 Å². The number of benzene rings is 1. The lowest BCUT2D eigenvalue weighted by Crippen LogP contribution is -2.29. The van der Waals surface area contributed by atoms with E-state index < -0.39 is 0 Å². The molecule has 1 aromatic carbocycles. The largest absolute Gasteiger partial charge is 0.493 e. The molecule has 132 valence electrons. The highest BCUT2D eigenvalue weighted by molar-refractivity contribution is 5.95. The Labute approximate surface area is 152 Å². The van der Waals surface area contributed by atoms with Gasteiger partial charge in [0.05, 0.1) is 25.0 Å². The van der Waals surface area contributed by atoms with Gasteiger partial charge in [-0.15, -0.1) is 6.58 Å². The third-order valence-corrected chi connectivity index (χ3v) is 3.95. The predicted octanol–water partition coefficient (Wildman–Crippen LogP) is 3.32. The van der Waals surface area contributed by atoms with Crippen LogP contribution in [0.15, 0.2) is 73.7 Å². The molecule has 0 fully saturated rings. The highest BCUT2D eigenvalue weighted by atomic mass is 16.5. The number of para-hydroxylation sites is 1. The Morgan fingerprint density at radius 3 is 2.65 bits per heavy atom. The Kier molecular flexibility index (Phi) is 5.43. The van der Waals surface area contributed by atoms with Crippen molar-refractivity contribution in [3.63, 3.8) is 0 Å². The lowest BCUT2D eigenvalue weighted by Gasteiger charge is -2.17. The zero-order chi connectivity index (χ0) is 18.4. The van der Waals surface area contributed by atoms with Crippen LogP contribution in [0.4, 0.5) is 0 Å². The molecule has 1 atom stereocenters. The first-order valence-corrected chi connectivity index (χ1v) is 8.23. The van der Waals surface area contributed by atoms with Gasteiger partial charge in [0.1, 0.15) is 0 Å². The lowest BCUT2D eigenvalue weighted by atomic mass is 10.1. The number of carbonyl (C=O) groups is 1. The first-order chi connectivity index (χ1) is 12.7. The van der Waals surface area contributed by atoms with Gasteiger partial charge in [0.25, 0.3) is 5.91 Å². The number of ether oxygens (including phenoxy) is 1. The number of pyridine rings is 1. The standard InChI is InChI=1S/C20H20N4O2/c1-3-7-17(15-10-12-21-13-11-15)22-20(25)19-18(26-2)14-24(23-19)16-8-5-4-6-9-16/h3-6,8-14,17H,1,7H2,2H3,(H,22,25)/t17-/m1/s1. The zero-order valence-corrected chi connectivity index (χ0v) is 14.5. The SMILES string of the molecule is C=CC[C@@H](NC(=O)c1nn(-c2ccccc2)cc1OC)c1ccncc1. The van der Waals surface area contributed by atoms with E-state index in [0.717, 1.165) is 11.3 Å². The topological polar surface area (TPSA) is 69.0 Å². The second-order valence-electron chi connectivity index (χ2n) is 5.66. The fraction of sp³-hybridized carbons (Fsp3) is 0.150. The summed E-state index contributed by atoms with van der Waals surface area (Å²) >= 11 is 0. The van der Waals surface area contributed by atoms with Crippen molar-refractivity contribution in [3.05, 3.63) is 85.0 Å². The number of hydrogen-bond donors (Lipinski definition) is 1. The highest BCUT2D eigenvalue weighted by Gasteiger charge is 2.21. The number of hydrogen-bond acceptors (Lipinski definition) is 4. The maximum absolute atomic E-state index is 12.8. The minimum absolute atomic E-state index is 0.213. The van der Waals surface area contributed by atoms with Gasteiger partial charge < -0.3 is 10.1 Å². The summed E-state index contributed by atoms with van der Waals surface area (Å²) in [5, 5.41) is 7.40. The second-order valence-corrected chi connectivity index (χ2v) is 5.66. The summed E-state index contributed by atoms with van der Waals surface area (Å²) in [5.41, 5.74) is 2.04. The van der Waals surface area contributed by atoms with Crippen LogP contribution in [-0.4, -0.2) is 27.8 Å². The van der Waals surface area contributed by atoms with E-state index in [1.165, 1.54) is 7.11 Å². The van der Waals surface area contributed by atoms with Gasteiger partial charge in [-0.2, -0.15) is 5.10 Å². The molecule has 2 heterocycles. The molecule has 0 aliphatic rings. The molecule has 0 radical (unpaired) electrons. The highest BCUT2D eigenvalue weighted by Crippen LogP contribution is 2.22. The van der Waals surface area contributed by atoms with Crippen molar-refractivity contribution in [2.24, 2.45) is 0 Å². The number of nitrogens with zero attached hydrogens (tertiary/aromatic N) is 3. The molecule has 0 unspecified atom stereocenters. The quantitative estimate of drug-likeness (QED) is 0.665. The maximum atomic E-state index is 12.8. The van der Waals surface area contributed by atoms with Crippen molar-refractivity contribution < 1.29 is 9.53 Å². The molecule has 26 heavy (non-hydrogen) atoms. The molecule has 1 N–H and O–H groups in total. The van der Waals surface area contributed by atoms with Crippen LogP contribution in [0.3, 0.4) is 0 Å². The molecule has 1 amide bonds. The number of nitrogens with one attached hydrogen (secondary N) is 1. The van der Waals surface area contributed by atoms with Gasteiger partial charge in [-0.25, -0.2) is 4.68 Å². The molecule has 3 aromatic rings. The Balaban J connectivity index is 1.86. The van der Waals surface area contributed by atoms with E-state index in [1.54, 1.807) is 29.3 Å². The van der Waals surface area contributed by atoms with Gasteiger partial charge in [-0.3, -0.25) is 9.78 Å². The number of aromatic nitrogens is 3. The van der Waals surface area contributed by atoms with E-state index in [0.29, 0.717) is 12.2 Å². The maximum Gasteiger partial charge on any atom is 0.276 e. The summed E-state index contributed by atoms with van der Waals surface area (Å²) in [6, 6.07) is 13.1. The van der Waals surface area contributed by atoms with E-state index >= 15 is 0 Å². The predicted molar refractivity (Wildman–Crippen MR) is 99.4 cm³/mol. The van der Waals surface area contributed by atoms with Crippen molar-refractivity contribution in [1.82, 2.24) is 20.1 Å². The van der Waals surface area contributed by atoms with Crippen LogP contribution in [0, 0.1) is 0 Å². The summed E-state index contributed by atoms with van der Waals surface area (Å²) in [5.74, 6) is 0.110. The monoisotopic (exact) mass is 348 g/mol. The molecule has 0 saturated heterocycles. The first-order valence-electron chi connectivity index (χ1n) is 8.23. The van der Waals surface area contributed by atoms with Crippen LogP contribution >= 0.6 is 0 Å². The van der Waals surface area contributed by atoms with E-state index in [1.807, 2.05) is 42.5 Å². The van der Waals surface area contributed by atoms with Crippen molar-refractivity contribution in [2.75, 3.05) is 7.11 Å². The number of carbonyl (C=O) groups excluding carboxylic acids is 1. The minimum atomic E-state index is -0.305. The summed E-state index contributed by atoms with van der Waals surface area (Å²) in [4.78, 5) is 16.8. The Morgan fingerprint density at radius 1 is 1.27 bits per heavy atom. The van der Waals surface area contributed by atoms with Gasteiger partial charge in [0.15, 0.2) is 11.4 Å². The minimum Gasteiger partial charge on any atom is -0.493 e. The fourth-order valence-corrected chi connectivity index (χ4v) is 2.65. The van der Waals surface area contributed by atoms with E-state index in [4.69, 9.17) is 4.74 Å². The Bertz CT molecular complexity index is 875. The van der Waals surface area contributed by atoms with E-state index in [-0.39, 0.29) is 17.6 Å². The molecule has 0 spiro atoms. The first kappa shape index (κ1) is 17.4. The molecular formula is C20H20N4O2. The molecule has 0 aliphatic carbocycles. The van der Waals surface area contributed by atoms with Crippen LogP contribution in [0.5, 0.6) is 5.75 Å². The molecule has 3 rings (SSSR count). The summed E-state index contributed by atoms with van der Waals surface area (Å²) in [6.45, 7) is 3.77. The van der Waals surface area contributed by atoms with Gasteiger partial charge in [0, 0.05) is 12.4 Å². The van der Waals surface area contributed by atoms with Crippen LogP contribution in [-0.2, 0) is 0 Å². The van der Waals surface area contributed by atoms with E-state index in [2.05, 4.69) is 22.0 Å². The van der Waals surface area contributed by atoms with Crippen LogP contribution in [0.1, 0.15) is 28.5 Å². The van der Waals surface area contributed by atoms with Gasteiger partial charge >= 0.3 is 0 Å². The molecular weight excluding hydrogens is 328 g/mol. The van der Waals surface area contributed by atoms with Gasteiger partial charge in [-0.05, 0) is 36.2 Å². The Hall–Kier alpha value is -3.41. The molecule has 0 saturated carbocycles. The van der Waals surface area contributed by atoms with Crippen molar-refractivity contribution >= 4 is 5.91 Å². The van der Waals surface area contributed by atoms with E-state index in [9.17, 15) is 4.79 Å². The normalized spacial score (nSPS) is 11.6.